The molecular weight excluding hydrogens is 280 g/mol. The third-order valence-electron chi connectivity index (χ3n) is 3.93. The second-order valence-electron chi connectivity index (χ2n) is 6.44. The van der Waals surface area contributed by atoms with Crippen LogP contribution in [-0.4, -0.2) is 34.2 Å². The van der Waals surface area contributed by atoms with Gasteiger partial charge in [0.2, 0.25) is 5.89 Å². The van der Waals surface area contributed by atoms with Crippen LogP contribution in [-0.2, 0) is 6.42 Å². The number of carbonyl (C=O) groups excluding carboxylic acids is 1. The van der Waals surface area contributed by atoms with Crippen LogP contribution >= 0.6 is 0 Å². The minimum atomic E-state index is -0.0798. The van der Waals surface area contributed by atoms with Crippen molar-refractivity contribution in [3.05, 3.63) is 11.7 Å². The number of nitrogens with one attached hydrogen (secondary N) is 1. The van der Waals surface area contributed by atoms with Crippen LogP contribution in [0.3, 0.4) is 0 Å². The number of hydrogen-bond acceptors (Lipinski definition) is 4. The Labute approximate surface area is 132 Å². The van der Waals surface area contributed by atoms with E-state index < -0.39 is 0 Å². The number of rotatable bonds is 6. The van der Waals surface area contributed by atoms with E-state index in [1.807, 2.05) is 4.90 Å². The van der Waals surface area contributed by atoms with Crippen molar-refractivity contribution in [3.63, 3.8) is 0 Å². The van der Waals surface area contributed by atoms with Crippen molar-refractivity contribution in [1.29, 1.82) is 0 Å². The standard InChI is InChI=1S/C16H28N4O2/c1-4-5-9-17-16(21)20-10-7-6-8-13(20)15-18-14(19-22-15)11-12(2)3/h12-13H,4-11H2,1-3H3,(H,17,21). The molecule has 1 aliphatic heterocycles. The molecule has 0 aliphatic carbocycles. The first-order chi connectivity index (χ1) is 10.6. The van der Waals surface area contributed by atoms with Crippen molar-refractivity contribution in [3.8, 4) is 0 Å². The van der Waals surface area contributed by atoms with E-state index in [1.165, 1.54) is 0 Å². The maximum Gasteiger partial charge on any atom is 0.318 e. The lowest BCUT2D eigenvalue weighted by molar-refractivity contribution is 0.132. The highest BCUT2D eigenvalue weighted by molar-refractivity contribution is 5.74. The van der Waals surface area contributed by atoms with Gasteiger partial charge in [0.15, 0.2) is 5.82 Å². The van der Waals surface area contributed by atoms with Crippen molar-refractivity contribution < 1.29 is 9.32 Å². The molecule has 0 aromatic carbocycles. The number of nitrogens with zero attached hydrogens (tertiary/aromatic N) is 3. The van der Waals surface area contributed by atoms with Crippen LogP contribution in [0.5, 0.6) is 0 Å². The molecule has 1 saturated heterocycles. The molecule has 2 rings (SSSR count). The number of unbranched alkanes of at least 4 members (excludes halogenated alkanes) is 1. The van der Waals surface area contributed by atoms with Gasteiger partial charge < -0.3 is 14.7 Å². The van der Waals surface area contributed by atoms with Gasteiger partial charge in [0.05, 0.1) is 0 Å². The SMILES string of the molecule is CCCCNC(=O)N1CCCCC1c1nc(CC(C)C)no1. The highest BCUT2D eigenvalue weighted by Gasteiger charge is 2.32. The first-order valence-electron chi connectivity index (χ1n) is 8.48. The first kappa shape index (κ1) is 16.8. The lowest BCUT2D eigenvalue weighted by atomic mass is 10.0. The van der Waals surface area contributed by atoms with Crippen LogP contribution in [0, 0.1) is 5.92 Å². The van der Waals surface area contributed by atoms with E-state index in [4.69, 9.17) is 4.52 Å². The average Bonchev–Trinajstić information content (AvgIpc) is 2.95. The molecule has 1 unspecified atom stereocenters. The summed E-state index contributed by atoms with van der Waals surface area (Å²) in [5, 5.41) is 7.05. The van der Waals surface area contributed by atoms with Gasteiger partial charge in [-0.2, -0.15) is 4.98 Å². The predicted octanol–water partition coefficient (Wildman–Crippen LogP) is 3.30. The zero-order valence-corrected chi connectivity index (χ0v) is 14.0. The summed E-state index contributed by atoms with van der Waals surface area (Å²) in [5.74, 6) is 1.81. The molecule has 1 aromatic rings. The van der Waals surface area contributed by atoms with Crippen molar-refractivity contribution in [2.45, 2.75) is 65.3 Å². The highest BCUT2D eigenvalue weighted by Crippen LogP contribution is 2.30. The summed E-state index contributed by atoms with van der Waals surface area (Å²) in [5.41, 5.74) is 0. The molecule has 0 spiro atoms. The highest BCUT2D eigenvalue weighted by atomic mass is 16.5. The van der Waals surface area contributed by atoms with Crippen LogP contribution in [0.4, 0.5) is 4.79 Å². The molecule has 6 heteroatoms. The fourth-order valence-corrected chi connectivity index (χ4v) is 2.76. The Balaban J connectivity index is 2.02. The molecule has 0 radical (unpaired) electrons. The number of aromatic nitrogens is 2. The predicted molar refractivity (Wildman–Crippen MR) is 84.4 cm³/mol. The summed E-state index contributed by atoms with van der Waals surface area (Å²) in [6.07, 6.45) is 5.90. The summed E-state index contributed by atoms with van der Waals surface area (Å²) in [7, 11) is 0. The molecule has 124 valence electrons. The van der Waals surface area contributed by atoms with E-state index >= 15 is 0 Å². The van der Waals surface area contributed by atoms with Gasteiger partial charge in [-0.15, -0.1) is 0 Å². The topological polar surface area (TPSA) is 71.3 Å². The minimum Gasteiger partial charge on any atom is -0.338 e. The van der Waals surface area contributed by atoms with Crippen molar-refractivity contribution in [2.75, 3.05) is 13.1 Å². The third-order valence-corrected chi connectivity index (χ3v) is 3.93. The molecule has 2 heterocycles. The maximum atomic E-state index is 12.4. The van der Waals surface area contributed by atoms with Crippen LogP contribution in [0.25, 0.3) is 0 Å². The molecule has 1 atom stereocenters. The Morgan fingerprint density at radius 2 is 2.27 bits per heavy atom. The molecule has 6 nitrogen and oxygen atoms in total. The largest absolute Gasteiger partial charge is 0.338 e. The van der Waals surface area contributed by atoms with Crippen LogP contribution in [0.1, 0.15) is 70.6 Å². The quantitative estimate of drug-likeness (QED) is 0.818. The van der Waals surface area contributed by atoms with Gasteiger partial charge in [-0.1, -0.05) is 32.3 Å². The Kier molecular flexibility index (Phi) is 6.21. The van der Waals surface area contributed by atoms with E-state index in [1.54, 1.807) is 0 Å². The van der Waals surface area contributed by atoms with Gasteiger partial charge in [0.1, 0.15) is 6.04 Å². The van der Waals surface area contributed by atoms with Crippen molar-refractivity contribution >= 4 is 6.03 Å². The van der Waals surface area contributed by atoms with Crippen molar-refractivity contribution in [2.24, 2.45) is 5.92 Å². The number of carbonyl (C=O) groups is 1. The van der Waals surface area contributed by atoms with E-state index in [9.17, 15) is 4.79 Å². The smallest absolute Gasteiger partial charge is 0.318 e. The summed E-state index contributed by atoms with van der Waals surface area (Å²) < 4.78 is 5.43. The molecule has 1 fully saturated rings. The first-order valence-corrected chi connectivity index (χ1v) is 8.48. The summed E-state index contributed by atoms with van der Waals surface area (Å²) in [4.78, 5) is 18.7. The lowest BCUT2D eigenvalue weighted by Crippen LogP contribution is -2.45. The van der Waals surface area contributed by atoms with Gasteiger partial charge in [-0.3, -0.25) is 0 Å². The van der Waals surface area contributed by atoms with Gasteiger partial charge in [-0.25, -0.2) is 4.79 Å². The molecule has 22 heavy (non-hydrogen) atoms. The molecule has 1 aliphatic rings. The summed E-state index contributed by atoms with van der Waals surface area (Å²) in [6, 6.07) is -0.0921. The third kappa shape index (κ3) is 4.45. The van der Waals surface area contributed by atoms with Gasteiger partial charge >= 0.3 is 6.03 Å². The monoisotopic (exact) mass is 308 g/mol. The second-order valence-corrected chi connectivity index (χ2v) is 6.44. The lowest BCUT2D eigenvalue weighted by Gasteiger charge is -2.33. The molecule has 0 saturated carbocycles. The molecule has 0 bridgehead atoms. The number of amides is 2. The number of piperidine rings is 1. The number of hydrogen-bond donors (Lipinski definition) is 1. The number of urea groups is 1. The fourth-order valence-electron chi connectivity index (χ4n) is 2.76. The van der Waals surface area contributed by atoms with Crippen LogP contribution < -0.4 is 5.32 Å². The van der Waals surface area contributed by atoms with Gasteiger partial charge in [-0.05, 0) is 31.6 Å². The summed E-state index contributed by atoms with van der Waals surface area (Å²) in [6.45, 7) is 7.85. The van der Waals surface area contributed by atoms with Gasteiger partial charge in [0.25, 0.3) is 0 Å². The fraction of sp³-hybridized carbons (Fsp3) is 0.812. The van der Waals surface area contributed by atoms with E-state index in [0.29, 0.717) is 11.8 Å². The van der Waals surface area contributed by atoms with E-state index in [-0.39, 0.29) is 12.1 Å². The normalized spacial score (nSPS) is 18.7. The summed E-state index contributed by atoms with van der Waals surface area (Å²) >= 11 is 0. The zero-order valence-electron chi connectivity index (χ0n) is 14.0. The Morgan fingerprint density at radius 1 is 1.45 bits per heavy atom. The maximum absolute atomic E-state index is 12.4. The Bertz CT molecular complexity index is 472. The average molecular weight is 308 g/mol. The molecule has 1 aromatic heterocycles. The Morgan fingerprint density at radius 3 is 3.00 bits per heavy atom. The van der Waals surface area contributed by atoms with Gasteiger partial charge in [0, 0.05) is 19.5 Å². The number of likely N-dealkylation sites (tertiary alicyclic amines) is 1. The Hall–Kier alpha value is -1.59. The van der Waals surface area contributed by atoms with Crippen LogP contribution in [0.2, 0.25) is 0 Å². The zero-order chi connectivity index (χ0) is 15.9. The van der Waals surface area contributed by atoms with Crippen LogP contribution in [0.15, 0.2) is 4.52 Å². The van der Waals surface area contributed by atoms with E-state index in [2.05, 4.69) is 36.2 Å². The molecule has 2 amide bonds. The molecule has 1 N–H and O–H groups in total. The van der Waals surface area contributed by atoms with Crippen molar-refractivity contribution in [1.82, 2.24) is 20.4 Å². The second kappa shape index (κ2) is 8.15. The van der Waals surface area contributed by atoms with E-state index in [0.717, 1.165) is 57.4 Å². The minimum absolute atomic E-state index is 0.0123. The molecular formula is C16H28N4O2.